The first-order valence-corrected chi connectivity index (χ1v) is 10.7. The Hall–Kier alpha value is -1.92. The van der Waals surface area contributed by atoms with Gasteiger partial charge < -0.3 is 15.7 Å². The van der Waals surface area contributed by atoms with Crippen LogP contribution in [0.3, 0.4) is 0 Å². The summed E-state index contributed by atoms with van der Waals surface area (Å²) >= 11 is 1.64. The number of guanidine groups is 1. The van der Waals surface area contributed by atoms with Crippen molar-refractivity contribution >= 4 is 17.3 Å². The van der Waals surface area contributed by atoms with E-state index in [1.54, 1.807) is 11.3 Å². The van der Waals surface area contributed by atoms with E-state index in [4.69, 9.17) is 9.98 Å². The van der Waals surface area contributed by atoms with Crippen molar-refractivity contribution in [1.29, 1.82) is 0 Å². The summed E-state index contributed by atoms with van der Waals surface area (Å²) in [6.07, 6.45) is 2.87. The molecule has 0 aliphatic carbocycles. The van der Waals surface area contributed by atoms with Gasteiger partial charge in [-0.25, -0.2) is 9.98 Å². The zero-order valence-electron chi connectivity index (χ0n) is 16.7. The minimum Gasteiger partial charge on any atom is -0.396 e. The van der Waals surface area contributed by atoms with Crippen molar-refractivity contribution in [1.82, 2.24) is 15.6 Å². The van der Waals surface area contributed by atoms with E-state index in [2.05, 4.69) is 48.9 Å². The maximum absolute atomic E-state index is 9.40. The highest BCUT2D eigenvalue weighted by Crippen LogP contribution is 2.29. The van der Waals surface area contributed by atoms with E-state index in [0.717, 1.165) is 54.6 Å². The summed E-state index contributed by atoms with van der Waals surface area (Å²) in [5.41, 5.74) is 2.24. The van der Waals surface area contributed by atoms with Gasteiger partial charge in [-0.15, -0.1) is 11.3 Å². The summed E-state index contributed by atoms with van der Waals surface area (Å²) in [5.74, 6) is 0.804. The Kier molecular flexibility index (Phi) is 8.75. The number of aliphatic hydroxyl groups excluding tert-OH is 1. The van der Waals surface area contributed by atoms with Crippen LogP contribution in [0.25, 0.3) is 11.3 Å². The molecule has 0 bridgehead atoms. The normalized spacial score (nSPS) is 12.2. The molecule has 27 heavy (non-hydrogen) atoms. The Morgan fingerprint density at radius 1 is 1.15 bits per heavy atom. The molecule has 5 nitrogen and oxygen atoms in total. The van der Waals surface area contributed by atoms with Crippen molar-refractivity contribution in [2.24, 2.45) is 10.4 Å². The van der Waals surface area contributed by atoms with Crippen molar-refractivity contribution in [3.05, 3.63) is 40.7 Å². The van der Waals surface area contributed by atoms with Crippen LogP contribution in [0.2, 0.25) is 0 Å². The lowest BCUT2D eigenvalue weighted by Crippen LogP contribution is -2.43. The first-order valence-electron chi connectivity index (χ1n) is 9.79. The molecule has 0 spiro atoms. The second kappa shape index (κ2) is 11.0. The number of aliphatic imine (C=N–C) groups is 1. The molecule has 0 saturated carbocycles. The molecule has 0 saturated heterocycles. The summed E-state index contributed by atoms with van der Waals surface area (Å²) in [6.45, 7) is 8.83. The molecule has 0 amide bonds. The number of benzene rings is 1. The number of hydrogen-bond donors (Lipinski definition) is 3. The maximum atomic E-state index is 9.40. The maximum Gasteiger partial charge on any atom is 0.191 e. The van der Waals surface area contributed by atoms with E-state index >= 15 is 0 Å². The second-order valence-corrected chi connectivity index (χ2v) is 7.66. The van der Waals surface area contributed by atoms with Gasteiger partial charge in [0.25, 0.3) is 0 Å². The monoisotopic (exact) mass is 388 g/mol. The average molecular weight is 389 g/mol. The molecular formula is C21H32N4OS. The van der Waals surface area contributed by atoms with E-state index in [0.29, 0.717) is 6.54 Å². The van der Waals surface area contributed by atoms with Crippen LogP contribution in [0.5, 0.6) is 0 Å². The molecule has 0 fully saturated rings. The van der Waals surface area contributed by atoms with E-state index in [1.165, 1.54) is 0 Å². The van der Waals surface area contributed by atoms with Gasteiger partial charge in [-0.05, 0) is 31.6 Å². The molecule has 1 aromatic carbocycles. The third-order valence-corrected chi connectivity index (χ3v) is 5.94. The number of aliphatic hydroxyl groups is 1. The van der Waals surface area contributed by atoms with Gasteiger partial charge in [-0.2, -0.15) is 0 Å². The summed E-state index contributed by atoms with van der Waals surface area (Å²) in [4.78, 5) is 9.41. The topological polar surface area (TPSA) is 69.5 Å². The van der Waals surface area contributed by atoms with Gasteiger partial charge in [0.2, 0.25) is 0 Å². The molecule has 3 N–H and O–H groups in total. The van der Waals surface area contributed by atoms with Gasteiger partial charge in [0, 0.05) is 30.6 Å². The van der Waals surface area contributed by atoms with Gasteiger partial charge in [0.05, 0.1) is 12.2 Å². The lowest BCUT2D eigenvalue weighted by Gasteiger charge is -2.32. The number of aromatic nitrogens is 1. The number of thiazole rings is 1. The lowest BCUT2D eigenvalue weighted by atomic mass is 9.79. The summed E-state index contributed by atoms with van der Waals surface area (Å²) in [7, 11) is 0. The molecule has 1 heterocycles. The van der Waals surface area contributed by atoms with Crippen LogP contribution in [-0.4, -0.2) is 35.7 Å². The summed E-state index contributed by atoms with van der Waals surface area (Å²) < 4.78 is 0. The Labute approximate surface area is 167 Å². The van der Waals surface area contributed by atoms with Crippen LogP contribution in [0.4, 0.5) is 0 Å². The lowest BCUT2D eigenvalue weighted by molar-refractivity contribution is 0.169. The first-order chi connectivity index (χ1) is 13.2. The molecule has 0 aliphatic rings. The van der Waals surface area contributed by atoms with Gasteiger partial charge in [-0.1, -0.05) is 44.2 Å². The van der Waals surface area contributed by atoms with Gasteiger partial charge in [-0.3, -0.25) is 0 Å². The van der Waals surface area contributed by atoms with Crippen LogP contribution in [0, 0.1) is 5.41 Å². The minimum atomic E-state index is 0.104. The largest absolute Gasteiger partial charge is 0.396 e. The zero-order chi connectivity index (χ0) is 19.5. The predicted octanol–water partition coefficient (Wildman–Crippen LogP) is 4.05. The average Bonchev–Trinajstić information content (AvgIpc) is 3.19. The number of nitrogens with zero attached hydrogens (tertiary/aromatic N) is 2. The quantitative estimate of drug-likeness (QED) is 0.424. The third-order valence-electron chi connectivity index (χ3n) is 5.11. The molecule has 0 radical (unpaired) electrons. The molecule has 0 atom stereocenters. The third kappa shape index (κ3) is 6.33. The number of rotatable bonds is 10. The second-order valence-electron chi connectivity index (χ2n) is 6.72. The smallest absolute Gasteiger partial charge is 0.191 e. The van der Waals surface area contributed by atoms with Gasteiger partial charge in [0.15, 0.2) is 5.96 Å². The predicted molar refractivity (Wildman–Crippen MR) is 115 cm³/mol. The first kappa shape index (κ1) is 21.4. The fourth-order valence-corrected chi connectivity index (χ4v) is 3.79. The molecule has 6 heteroatoms. The highest BCUT2D eigenvalue weighted by molar-refractivity contribution is 7.09. The van der Waals surface area contributed by atoms with Crippen LogP contribution in [0.15, 0.2) is 40.7 Å². The summed E-state index contributed by atoms with van der Waals surface area (Å²) in [6, 6.07) is 10.2. The van der Waals surface area contributed by atoms with Crippen molar-refractivity contribution in [2.75, 3.05) is 19.7 Å². The van der Waals surface area contributed by atoms with Crippen molar-refractivity contribution < 1.29 is 5.11 Å². The zero-order valence-corrected chi connectivity index (χ0v) is 17.5. The molecular weight excluding hydrogens is 356 g/mol. The van der Waals surface area contributed by atoms with Crippen molar-refractivity contribution in [3.63, 3.8) is 0 Å². The summed E-state index contributed by atoms with van der Waals surface area (Å²) in [5, 5.41) is 19.3. The van der Waals surface area contributed by atoms with Crippen LogP contribution in [-0.2, 0) is 6.54 Å². The molecule has 148 valence electrons. The highest BCUT2D eigenvalue weighted by Gasteiger charge is 2.25. The number of hydrogen-bond acceptors (Lipinski definition) is 4. The van der Waals surface area contributed by atoms with E-state index in [-0.39, 0.29) is 12.0 Å². The number of nitrogens with one attached hydrogen (secondary N) is 2. The minimum absolute atomic E-state index is 0.104. The van der Waals surface area contributed by atoms with Gasteiger partial charge in [0.1, 0.15) is 5.01 Å². The molecule has 0 unspecified atom stereocenters. The molecule has 2 aromatic rings. The molecule has 0 aliphatic heterocycles. The molecule has 1 aromatic heterocycles. The Morgan fingerprint density at radius 3 is 2.52 bits per heavy atom. The van der Waals surface area contributed by atoms with E-state index in [9.17, 15) is 5.11 Å². The van der Waals surface area contributed by atoms with Gasteiger partial charge >= 0.3 is 0 Å². The van der Waals surface area contributed by atoms with E-state index in [1.807, 2.05) is 18.2 Å². The van der Waals surface area contributed by atoms with Crippen molar-refractivity contribution in [3.8, 4) is 11.3 Å². The van der Waals surface area contributed by atoms with Crippen LogP contribution < -0.4 is 10.6 Å². The Balaban J connectivity index is 2.02. The fraction of sp³-hybridized carbons (Fsp3) is 0.524. The fourth-order valence-electron chi connectivity index (χ4n) is 3.06. The SMILES string of the molecule is CCNC(=NCc1nc(-c2ccccc2)cs1)NCC(CC)(CC)CCO. The highest BCUT2D eigenvalue weighted by atomic mass is 32.1. The van der Waals surface area contributed by atoms with Crippen LogP contribution in [0.1, 0.15) is 45.0 Å². The Bertz CT molecular complexity index is 695. The Morgan fingerprint density at radius 2 is 1.89 bits per heavy atom. The van der Waals surface area contributed by atoms with Crippen LogP contribution >= 0.6 is 11.3 Å². The van der Waals surface area contributed by atoms with Crippen molar-refractivity contribution in [2.45, 2.75) is 46.6 Å². The molecule has 2 rings (SSSR count). The van der Waals surface area contributed by atoms with E-state index < -0.39 is 0 Å². The standard InChI is InChI=1S/C21H32N4OS/c1-4-21(5-2,12-13-26)16-24-20(22-6-3)23-14-19-25-18(15-27-19)17-10-8-7-9-11-17/h7-11,15,26H,4-6,12-14,16H2,1-3H3,(H2,22,23,24).